The number of carbonyl (C=O) groups excluding carboxylic acids is 1. The van der Waals surface area contributed by atoms with Crippen molar-refractivity contribution < 1.29 is 9.53 Å². The number of carbonyl (C=O) groups is 1. The number of amides is 1. The van der Waals surface area contributed by atoms with Gasteiger partial charge in [-0.05, 0) is 33.2 Å². The summed E-state index contributed by atoms with van der Waals surface area (Å²) < 4.78 is 5.35. The Balaban J connectivity index is 0.00000180. The van der Waals surface area contributed by atoms with Crippen LogP contribution < -0.4 is 10.6 Å². The van der Waals surface area contributed by atoms with Gasteiger partial charge in [0, 0.05) is 25.2 Å². The Morgan fingerprint density at radius 3 is 2.63 bits per heavy atom. The van der Waals surface area contributed by atoms with Crippen LogP contribution in [0.1, 0.15) is 26.7 Å². The molecule has 2 aliphatic rings. The van der Waals surface area contributed by atoms with Crippen LogP contribution in [0.2, 0.25) is 0 Å². The summed E-state index contributed by atoms with van der Waals surface area (Å²) in [6.07, 6.45) is 2.07. The van der Waals surface area contributed by atoms with Crippen molar-refractivity contribution >= 4 is 18.3 Å². The van der Waals surface area contributed by atoms with Crippen molar-refractivity contribution in [3.05, 3.63) is 0 Å². The van der Waals surface area contributed by atoms with Crippen molar-refractivity contribution in [2.24, 2.45) is 0 Å². The third-order valence-corrected chi connectivity index (χ3v) is 4.09. The number of ether oxygens (including phenoxy) is 1. The summed E-state index contributed by atoms with van der Waals surface area (Å²) in [5.41, 5.74) is 0. The minimum atomic E-state index is 0. The van der Waals surface area contributed by atoms with Crippen LogP contribution in [0.5, 0.6) is 0 Å². The van der Waals surface area contributed by atoms with Crippen molar-refractivity contribution in [1.82, 2.24) is 15.5 Å². The lowest BCUT2D eigenvalue weighted by molar-refractivity contribution is -0.124. The van der Waals surface area contributed by atoms with Crippen LogP contribution in [0, 0.1) is 0 Å². The zero-order valence-electron chi connectivity index (χ0n) is 11.9. The number of nitrogens with one attached hydrogen (secondary N) is 2. The predicted octanol–water partition coefficient (Wildman–Crippen LogP) is 0.386. The smallest absolute Gasteiger partial charge is 0.237 e. The molecule has 0 aliphatic carbocycles. The van der Waals surface area contributed by atoms with E-state index in [1.165, 1.54) is 0 Å². The van der Waals surface area contributed by atoms with Crippen LogP contribution in [-0.4, -0.2) is 61.8 Å². The molecule has 0 radical (unpaired) electrons. The third-order valence-electron chi connectivity index (χ3n) is 4.09. The lowest BCUT2D eigenvalue weighted by atomic mass is 10.1. The lowest BCUT2D eigenvalue weighted by Crippen LogP contribution is -2.54. The first-order valence-corrected chi connectivity index (χ1v) is 7.04. The van der Waals surface area contributed by atoms with Gasteiger partial charge in [0.05, 0.1) is 19.3 Å². The first-order valence-electron chi connectivity index (χ1n) is 7.04. The van der Waals surface area contributed by atoms with Gasteiger partial charge in [0.15, 0.2) is 0 Å². The number of hydrogen-bond acceptors (Lipinski definition) is 4. The molecule has 2 saturated heterocycles. The van der Waals surface area contributed by atoms with Crippen molar-refractivity contribution in [3.63, 3.8) is 0 Å². The van der Waals surface area contributed by atoms with Crippen molar-refractivity contribution in [1.29, 1.82) is 0 Å². The molecule has 0 bridgehead atoms. The number of morpholine rings is 1. The maximum Gasteiger partial charge on any atom is 0.237 e. The number of nitrogens with zero attached hydrogens (tertiary/aromatic N) is 1. The monoisotopic (exact) mass is 291 g/mol. The lowest BCUT2D eigenvalue weighted by Gasteiger charge is -2.36. The van der Waals surface area contributed by atoms with E-state index in [1.54, 1.807) is 0 Å². The molecular formula is C13H26ClN3O2. The minimum Gasteiger partial charge on any atom is -0.379 e. The number of halogens is 1. The predicted molar refractivity (Wildman–Crippen MR) is 77.7 cm³/mol. The highest BCUT2D eigenvalue weighted by Crippen LogP contribution is 2.09. The van der Waals surface area contributed by atoms with Gasteiger partial charge in [-0.15, -0.1) is 12.4 Å². The second-order valence-corrected chi connectivity index (χ2v) is 5.34. The van der Waals surface area contributed by atoms with E-state index in [1.807, 2.05) is 0 Å². The van der Waals surface area contributed by atoms with Gasteiger partial charge in [-0.3, -0.25) is 9.69 Å². The molecule has 2 unspecified atom stereocenters. The maximum absolute atomic E-state index is 12.0. The van der Waals surface area contributed by atoms with Crippen LogP contribution >= 0.6 is 12.4 Å². The van der Waals surface area contributed by atoms with E-state index in [9.17, 15) is 4.79 Å². The van der Waals surface area contributed by atoms with Crippen LogP contribution in [0.25, 0.3) is 0 Å². The van der Waals surface area contributed by atoms with Crippen LogP contribution in [0.15, 0.2) is 0 Å². The highest BCUT2D eigenvalue weighted by atomic mass is 35.5. The molecule has 2 aliphatic heterocycles. The molecular weight excluding hydrogens is 266 g/mol. The molecule has 0 aromatic carbocycles. The van der Waals surface area contributed by atoms with E-state index >= 15 is 0 Å². The summed E-state index contributed by atoms with van der Waals surface area (Å²) in [7, 11) is 0. The molecule has 19 heavy (non-hydrogen) atoms. The molecule has 5 nitrogen and oxygen atoms in total. The van der Waals surface area contributed by atoms with E-state index in [-0.39, 0.29) is 30.4 Å². The normalized spacial score (nSPS) is 27.4. The average Bonchev–Trinajstić information content (AvgIpc) is 2.92. The quantitative estimate of drug-likeness (QED) is 0.787. The highest BCUT2D eigenvalue weighted by molar-refractivity contribution is 5.85. The van der Waals surface area contributed by atoms with Gasteiger partial charge in [-0.2, -0.15) is 0 Å². The molecule has 0 aromatic heterocycles. The van der Waals surface area contributed by atoms with E-state index in [4.69, 9.17) is 4.74 Å². The Kier molecular flexibility index (Phi) is 7.07. The SMILES string of the molecule is CC(NC(=O)[C@@H]1CCCN1)C(C)N1CCOCC1.Cl. The molecule has 0 spiro atoms. The molecule has 2 fully saturated rings. The zero-order valence-corrected chi connectivity index (χ0v) is 12.7. The van der Waals surface area contributed by atoms with E-state index in [0.29, 0.717) is 6.04 Å². The van der Waals surface area contributed by atoms with Crippen LogP contribution in [-0.2, 0) is 9.53 Å². The average molecular weight is 292 g/mol. The summed E-state index contributed by atoms with van der Waals surface area (Å²) in [5.74, 6) is 0.153. The second-order valence-electron chi connectivity index (χ2n) is 5.34. The fourth-order valence-electron chi connectivity index (χ4n) is 2.65. The Morgan fingerprint density at radius 2 is 2.05 bits per heavy atom. The van der Waals surface area contributed by atoms with E-state index in [0.717, 1.165) is 45.7 Å². The van der Waals surface area contributed by atoms with Crippen molar-refractivity contribution in [2.75, 3.05) is 32.8 Å². The number of hydrogen-bond donors (Lipinski definition) is 2. The maximum atomic E-state index is 12.0. The fourth-order valence-corrected chi connectivity index (χ4v) is 2.65. The summed E-state index contributed by atoms with van der Waals surface area (Å²) in [5, 5.41) is 6.37. The highest BCUT2D eigenvalue weighted by Gasteiger charge is 2.27. The van der Waals surface area contributed by atoms with Gasteiger partial charge in [0.25, 0.3) is 0 Å². The molecule has 3 atom stereocenters. The first kappa shape index (κ1) is 16.7. The van der Waals surface area contributed by atoms with E-state index in [2.05, 4.69) is 29.4 Å². The standard InChI is InChI=1S/C13H25N3O2.ClH/c1-10(11(2)16-6-8-18-9-7-16)15-13(17)12-4-3-5-14-12;/h10-12,14H,3-9H2,1-2H3,(H,15,17);1H/t10?,11?,12-;/m0./s1. The Bertz CT molecular complexity index is 279. The van der Waals surface area contributed by atoms with Gasteiger partial charge in [-0.25, -0.2) is 0 Å². The molecule has 112 valence electrons. The zero-order chi connectivity index (χ0) is 13.0. The molecule has 6 heteroatoms. The van der Waals surface area contributed by atoms with Gasteiger partial charge in [0.2, 0.25) is 5.91 Å². The van der Waals surface area contributed by atoms with Gasteiger partial charge in [-0.1, -0.05) is 0 Å². The molecule has 0 saturated carbocycles. The summed E-state index contributed by atoms with van der Waals surface area (Å²) in [4.78, 5) is 14.4. The third kappa shape index (κ3) is 4.60. The Labute approximate surface area is 121 Å². The molecule has 2 heterocycles. The summed E-state index contributed by atoms with van der Waals surface area (Å²) in [6, 6.07) is 0.557. The molecule has 0 aromatic rings. The molecule has 1 amide bonds. The van der Waals surface area contributed by atoms with Gasteiger partial charge < -0.3 is 15.4 Å². The van der Waals surface area contributed by atoms with Crippen molar-refractivity contribution in [2.45, 2.75) is 44.8 Å². The fraction of sp³-hybridized carbons (Fsp3) is 0.923. The summed E-state index contributed by atoms with van der Waals surface area (Å²) in [6.45, 7) is 8.76. The largest absolute Gasteiger partial charge is 0.379 e. The first-order chi connectivity index (χ1) is 8.68. The topological polar surface area (TPSA) is 53.6 Å². The minimum absolute atomic E-state index is 0. The Hall–Kier alpha value is -0.360. The second kappa shape index (κ2) is 8.04. The van der Waals surface area contributed by atoms with Gasteiger partial charge >= 0.3 is 0 Å². The van der Waals surface area contributed by atoms with Crippen LogP contribution in [0.3, 0.4) is 0 Å². The number of rotatable bonds is 4. The van der Waals surface area contributed by atoms with Crippen LogP contribution in [0.4, 0.5) is 0 Å². The molecule has 2 rings (SSSR count). The summed E-state index contributed by atoms with van der Waals surface area (Å²) >= 11 is 0. The van der Waals surface area contributed by atoms with Gasteiger partial charge in [0.1, 0.15) is 0 Å². The van der Waals surface area contributed by atoms with Crippen molar-refractivity contribution in [3.8, 4) is 0 Å². The molecule has 2 N–H and O–H groups in total. The Morgan fingerprint density at radius 1 is 1.37 bits per heavy atom. The van der Waals surface area contributed by atoms with E-state index < -0.39 is 0 Å².